The lowest BCUT2D eigenvalue weighted by Gasteiger charge is -2.09. The predicted octanol–water partition coefficient (Wildman–Crippen LogP) is 3.62. The standard InChI is InChI=1S/C12H16N2OS/c1-8(2)11-6-13-12(16)14(11)7-10-5-4-9(3)15-10/h4-6,8H,7H2,1-3H3,(H,13,16). The summed E-state index contributed by atoms with van der Waals surface area (Å²) in [6, 6.07) is 3.97. The molecule has 3 nitrogen and oxygen atoms in total. The molecular formula is C12H16N2OS. The molecule has 4 heteroatoms. The third-order valence-electron chi connectivity index (χ3n) is 2.60. The third kappa shape index (κ3) is 2.11. The lowest BCUT2D eigenvalue weighted by atomic mass is 10.1. The number of nitrogens with zero attached hydrogens (tertiary/aromatic N) is 1. The summed E-state index contributed by atoms with van der Waals surface area (Å²) >= 11 is 5.26. The zero-order valence-corrected chi connectivity index (χ0v) is 10.6. The molecule has 0 saturated carbocycles. The van der Waals surface area contributed by atoms with Crippen molar-refractivity contribution in [2.24, 2.45) is 0 Å². The number of imidazole rings is 1. The van der Waals surface area contributed by atoms with Crippen LogP contribution in [0.25, 0.3) is 0 Å². The molecule has 0 fully saturated rings. The summed E-state index contributed by atoms with van der Waals surface area (Å²) in [6.07, 6.45) is 1.97. The van der Waals surface area contributed by atoms with Crippen molar-refractivity contribution in [2.45, 2.75) is 33.2 Å². The van der Waals surface area contributed by atoms with E-state index in [1.165, 1.54) is 5.69 Å². The molecule has 0 aliphatic carbocycles. The summed E-state index contributed by atoms with van der Waals surface area (Å²) in [7, 11) is 0. The van der Waals surface area contributed by atoms with E-state index in [0.29, 0.717) is 12.5 Å². The number of furan rings is 1. The number of aromatic nitrogens is 2. The van der Waals surface area contributed by atoms with Gasteiger partial charge in [0.1, 0.15) is 11.5 Å². The van der Waals surface area contributed by atoms with Gasteiger partial charge < -0.3 is 14.0 Å². The van der Waals surface area contributed by atoms with Gasteiger partial charge >= 0.3 is 0 Å². The summed E-state index contributed by atoms with van der Waals surface area (Å²) in [5.74, 6) is 2.32. The molecule has 2 heterocycles. The Morgan fingerprint density at radius 2 is 2.19 bits per heavy atom. The fourth-order valence-corrected chi connectivity index (χ4v) is 2.01. The maximum absolute atomic E-state index is 5.57. The maximum Gasteiger partial charge on any atom is 0.177 e. The van der Waals surface area contributed by atoms with Crippen molar-refractivity contribution in [1.82, 2.24) is 9.55 Å². The van der Waals surface area contributed by atoms with Crippen LogP contribution in [-0.2, 0) is 6.54 Å². The first-order valence-electron chi connectivity index (χ1n) is 5.41. The van der Waals surface area contributed by atoms with Crippen LogP contribution in [0.5, 0.6) is 0 Å². The number of hydrogen-bond donors (Lipinski definition) is 1. The first-order chi connectivity index (χ1) is 7.58. The highest BCUT2D eigenvalue weighted by Gasteiger charge is 2.09. The number of H-pyrrole nitrogens is 1. The maximum atomic E-state index is 5.57. The second-order valence-electron chi connectivity index (χ2n) is 4.27. The van der Waals surface area contributed by atoms with Gasteiger partial charge in [0.05, 0.1) is 6.54 Å². The Bertz CT molecular complexity index is 533. The van der Waals surface area contributed by atoms with Gasteiger partial charge in [0, 0.05) is 11.9 Å². The van der Waals surface area contributed by atoms with Crippen LogP contribution >= 0.6 is 12.2 Å². The molecule has 0 unspecified atom stereocenters. The van der Waals surface area contributed by atoms with Gasteiger partial charge in [-0.05, 0) is 37.2 Å². The van der Waals surface area contributed by atoms with E-state index in [9.17, 15) is 0 Å². The Kier molecular flexibility index (Phi) is 3.01. The van der Waals surface area contributed by atoms with E-state index in [4.69, 9.17) is 16.6 Å². The molecule has 16 heavy (non-hydrogen) atoms. The number of nitrogens with one attached hydrogen (secondary N) is 1. The van der Waals surface area contributed by atoms with Crippen LogP contribution in [-0.4, -0.2) is 9.55 Å². The van der Waals surface area contributed by atoms with E-state index < -0.39 is 0 Å². The lowest BCUT2D eigenvalue weighted by Crippen LogP contribution is -2.05. The third-order valence-corrected chi connectivity index (χ3v) is 2.94. The zero-order valence-electron chi connectivity index (χ0n) is 9.78. The monoisotopic (exact) mass is 236 g/mol. The van der Waals surface area contributed by atoms with Crippen LogP contribution < -0.4 is 0 Å². The number of hydrogen-bond acceptors (Lipinski definition) is 2. The first kappa shape index (κ1) is 11.2. The summed E-state index contributed by atoms with van der Waals surface area (Å²) in [6.45, 7) is 6.95. The molecule has 86 valence electrons. The van der Waals surface area contributed by atoms with Crippen LogP contribution in [0, 0.1) is 11.7 Å². The van der Waals surface area contributed by atoms with E-state index in [1.54, 1.807) is 0 Å². The second kappa shape index (κ2) is 4.29. The number of rotatable bonds is 3. The van der Waals surface area contributed by atoms with Crippen LogP contribution in [0.4, 0.5) is 0 Å². The van der Waals surface area contributed by atoms with E-state index in [2.05, 4.69) is 23.4 Å². The Morgan fingerprint density at radius 3 is 2.75 bits per heavy atom. The smallest absolute Gasteiger partial charge is 0.177 e. The fraction of sp³-hybridized carbons (Fsp3) is 0.417. The molecule has 0 aliphatic rings. The zero-order chi connectivity index (χ0) is 11.7. The molecule has 0 aromatic carbocycles. The van der Waals surface area contributed by atoms with Crippen molar-refractivity contribution in [3.05, 3.63) is 40.3 Å². The van der Waals surface area contributed by atoms with Gasteiger partial charge in [-0.3, -0.25) is 0 Å². The van der Waals surface area contributed by atoms with Crippen LogP contribution in [0.15, 0.2) is 22.7 Å². The lowest BCUT2D eigenvalue weighted by molar-refractivity contribution is 0.464. The van der Waals surface area contributed by atoms with Gasteiger partial charge in [-0.15, -0.1) is 0 Å². The second-order valence-corrected chi connectivity index (χ2v) is 4.66. The van der Waals surface area contributed by atoms with Crippen molar-refractivity contribution < 1.29 is 4.42 Å². The minimum atomic E-state index is 0.448. The minimum Gasteiger partial charge on any atom is -0.464 e. The van der Waals surface area contributed by atoms with E-state index in [0.717, 1.165) is 16.3 Å². The van der Waals surface area contributed by atoms with Crippen molar-refractivity contribution in [1.29, 1.82) is 0 Å². The van der Waals surface area contributed by atoms with Gasteiger partial charge in [0.15, 0.2) is 4.77 Å². The number of aryl methyl sites for hydroxylation is 1. The molecule has 2 aromatic heterocycles. The molecular weight excluding hydrogens is 220 g/mol. The highest BCUT2D eigenvalue weighted by atomic mass is 32.1. The predicted molar refractivity (Wildman–Crippen MR) is 66.3 cm³/mol. The summed E-state index contributed by atoms with van der Waals surface area (Å²) < 4.78 is 8.40. The van der Waals surface area contributed by atoms with Crippen molar-refractivity contribution in [2.75, 3.05) is 0 Å². The van der Waals surface area contributed by atoms with Crippen LogP contribution in [0.1, 0.15) is 37.0 Å². The molecule has 2 rings (SSSR count). The Balaban J connectivity index is 2.33. The molecule has 1 N–H and O–H groups in total. The van der Waals surface area contributed by atoms with E-state index in [-0.39, 0.29) is 0 Å². The van der Waals surface area contributed by atoms with Crippen LogP contribution in [0.2, 0.25) is 0 Å². The average molecular weight is 236 g/mol. The van der Waals surface area contributed by atoms with E-state index in [1.807, 2.05) is 25.3 Å². The molecule has 0 atom stereocenters. The summed E-state index contributed by atoms with van der Waals surface area (Å²) in [5.41, 5.74) is 1.21. The molecule has 0 aliphatic heterocycles. The minimum absolute atomic E-state index is 0.448. The Hall–Kier alpha value is -1.29. The number of aromatic amines is 1. The van der Waals surface area contributed by atoms with Crippen molar-refractivity contribution >= 4 is 12.2 Å². The van der Waals surface area contributed by atoms with E-state index >= 15 is 0 Å². The van der Waals surface area contributed by atoms with Crippen molar-refractivity contribution in [3.8, 4) is 0 Å². The van der Waals surface area contributed by atoms with Gasteiger partial charge in [0.25, 0.3) is 0 Å². The normalized spacial score (nSPS) is 11.2. The van der Waals surface area contributed by atoms with Gasteiger partial charge in [-0.25, -0.2) is 0 Å². The molecule has 0 spiro atoms. The summed E-state index contributed by atoms with van der Waals surface area (Å²) in [5, 5.41) is 0. The topological polar surface area (TPSA) is 33.9 Å². The van der Waals surface area contributed by atoms with Gasteiger partial charge in [-0.1, -0.05) is 13.8 Å². The SMILES string of the molecule is Cc1ccc(Cn2c(C(C)C)c[nH]c2=S)o1. The Labute approximate surface area is 100 Å². The van der Waals surface area contributed by atoms with Crippen LogP contribution in [0.3, 0.4) is 0 Å². The van der Waals surface area contributed by atoms with Gasteiger partial charge in [-0.2, -0.15) is 0 Å². The fourth-order valence-electron chi connectivity index (χ4n) is 1.78. The largest absolute Gasteiger partial charge is 0.464 e. The molecule has 0 bridgehead atoms. The first-order valence-corrected chi connectivity index (χ1v) is 5.82. The average Bonchev–Trinajstić information content (AvgIpc) is 2.76. The molecule has 2 aromatic rings. The molecule has 0 radical (unpaired) electrons. The highest BCUT2D eigenvalue weighted by Crippen LogP contribution is 2.17. The Morgan fingerprint density at radius 1 is 1.44 bits per heavy atom. The van der Waals surface area contributed by atoms with Crippen molar-refractivity contribution in [3.63, 3.8) is 0 Å². The molecule has 0 amide bonds. The quantitative estimate of drug-likeness (QED) is 0.826. The summed E-state index contributed by atoms with van der Waals surface area (Å²) in [4.78, 5) is 3.08. The highest BCUT2D eigenvalue weighted by molar-refractivity contribution is 7.71. The molecule has 0 saturated heterocycles. The van der Waals surface area contributed by atoms with Gasteiger partial charge in [0.2, 0.25) is 0 Å².